The molecule has 0 spiro atoms. The van der Waals surface area contributed by atoms with Crippen LogP contribution in [0.15, 0.2) is 77.7 Å². The van der Waals surface area contributed by atoms with Crippen molar-refractivity contribution >= 4 is 50.7 Å². The van der Waals surface area contributed by atoms with E-state index in [9.17, 15) is 18.0 Å². The first-order valence-corrected chi connectivity index (χ1v) is 14.5. The molecule has 0 bridgehead atoms. The molecular formula is C28H31Cl2N3O4S. The summed E-state index contributed by atoms with van der Waals surface area (Å²) >= 11 is 12.8. The van der Waals surface area contributed by atoms with Crippen molar-refractivity contribution in [2.75, 3.05) is 17.4 Å². The van der Waals surface area contributed by atoms with Gasteiger partial charge in [-0.25, -0.2) is 8.42 Å². The zero-order chi connectivity index (χ0) is 27.9. The van der Waals surface area contributed by atoms with Crippen LogP contribution in [0.5, 0.6) is 0 Å². The Balaban J connectivity index is 2.05. The number of benzene rings is 3. The SMILES string of the molecule is CCNC(=O)[C@@H](C)N(Cc1c(Cl)cccc1Cl)C(=O)CN(c1ccc(CC)cc1)S(=O)(=O)c1ccccc1. The Bertz CT molecular complexity index is 1350. The molecule has 7 nitrogen and oxygen atoms in total. The van der Waals surface area contributed by atoms with Gasteiger partial charge in [-0.1, -0.05) is 66.5 Å². The number of hydrogen-bond donors (Lipinski definition) is 1. The number of anilines is 1. The molecule has 1 atom stereocenters. The van der Waals surface area contributed by atoms with Gasteiger partial charge in [-0.05, 0) is 62.2 Å². The number of sulfonamides is 1. The van der Waals surface area contributed by atoms with E-state index in [2.05, 4.69) is 5.32 Å². The molecule has 3 aromatic carbocycles. The molecule has 0 aliphatic rings. The fourth-order valence-electron chi connectivity index (χ4n) is 3.90. The zero-order valence-electron chi connectivity index (χ0n) is 21.5. The van der Waals surface area contributed by atoms with E-state index in [0.29, 0.717) is 27.8 Å². The topological polar surface area (TPSA) is 86.8 Å². The highest BCUT2D eigenvalue weighted by Gasteiger charge is 2.33. The molecule has 1 N–H and O–H groups in total. The molecule has 0 unspecified atom stereocenters. The van der Waals surface area contributed by atoms with E-state index in [1.165, 1.54) is 17.0 Å². The molecule has 0 saturated heterocycles. The first kappa shape index (κ1) is 29.5. The zero-order valence-corrected chi connectivity index (χ0v) is 23.9. The van der Waals surface area contributed by atoms with Gasteiger partial charge < -0.3 is 10.2 Å². The number of nitrogens with zero attached hydrogens (tertiary/aromatic N) is 2. The van der Waals surface area contributed by atoms with Crippen molar-refractivity contribution in [3.05, 3.63) is 94.0 Å². The molecule has 202 valence electrons. The summed E-state index contributed by atoms with van der Waals surface area (Å²) in [6.45, 7) is 5.11. The molecular weight excluding hydrogens is 545 g/mol. The van der Waals surface area contributed by atoms with Gasteiger partial charge in [0.2, 0.25) is 11.8 Å². The number of aryl methyl sites for hydroxylation is 1. The summed E-state index contributed by atoms with van der Waals surface area (Å²) in [6, 6.07) is 19.0. The summed E-state index contributed by atoms with van der Waals surface area (Å²) < 4.78 is 28.6. The lowest BCUT2D eigenvalue weighted by atomic mass is 10.1. The van der Waals surface area contributed by atoms with Gasteiger partial charge in [-0.3, -0.25) is 13.9 Å². The van der Waals surface area contributed by atoms with Crippen molar-refractivity contribution in [3.8, 4) is 0 Å². The maximum Gasteiger partial charge on any atom is 0.264 e. The number of amides is 2. The second-order valence-electron chi connectivity index (χ2n) is 8.64. The third kappa shape index (κ3) is 6.87. The predicted molar refractivity (Wildman–Crippen MR) is 152 cm³/mol. The van der Waals surface area contributed by atoms with Gasteiger partial charge in [-0.2, -0.15) is 0 Å². The Morgan fingerprint density at radius 2 is 1.50 bits per heavy atom. The molecule has 3 rings (SSSR count). The summed E-state index contributed by atoms with van der Waals surface area (Å²) in [7, 11) is -4.11. The Kier molecular flexibility index (Phi) is 10.2. The fourth-order valence-corrected chi connectivity index (χ4v) is 5.86. The number of hydrogen-bond acceptors (Lipinski definition) is 4. The van der Waals surface area contributed by atoms with E-state index in [4.69, 9.17) is 23.2 Å². The molecule has 0 saturated carbocycles. The third-order valence-electron chi connectivity index (χ3n) is 6.15. The summed E-state index contributed by atoms with van der Waals surface area (Å²) in [6.07, 6.45) is 0.779. The maximum atomic E-state index is 13.9. The van der Waals surface area contributed by atoms with Crippen LogP contribution in [0.3, 0.4) is 0 Å². The highest BCUT2D eigenvalue weighted by Crippen LogP contribution is 2.28. The monoisotopic (exact) mass is 575 g/mol. The van der Waals surface area contributed by atoms with Crippen LogP contribution in [0.4, 0.5) is 5.69 Å². The lowest BCUT2D eigenvalue weighted by molar-refractivity contribution is -0.139. The van der Waals surface area contributed by atoms with E-state index in [-0.39, 0.29) is 17.3 Å². The molecule has 0 fully saturated rings. The largest absolute Gasteiger partial charge is 0.355 e. The number of carbonyl (C=O) groups is 2. The first-order chi connectivity index (χ1) is 18.1. The summed E-state index contributed by atoms with van der Waals surface area (Å²) in [5, 5.41) is 3.39. The smallest absolute Gasteiger partial charge is 0.264 e. The molecule has 0 aliphatic carbocycles. The maximum absolute atomic E-state index is 13.9. The Labute approximate surface area is 234 Å². The molecule has 0 aliphatic heterocycles. The Hall–Kier alpha value is -3.07. The van der Waals surface area contributed by atoms with Crippen LogP contribution in [-0.2, 0) is 32.6 Å². The average Bonchev–Trinajstić information content (AvgIpc) is 2.91. The van der Waals surface area contributed by atoms with E-state index >= 15 is 0 Å². The molecule has 0 heterocycles. The highest BCUT2D eigenvalue weighted by atomic mass is 35.5. The van der Waals surface area contributed by atoms with Gasteiger partial charge in [0, 0.05) is 28.7 Å². The molecule has 38 heavy (non-hydrogen) atoms. The van der Waals surface area contributed by atoms with E-state index in [0.717, 1.165) is 16.3 Å². The second kappa shape index (κ2) is 13.1. The Morgan fingerprint density at radius 3 is 2.05 bits per heavy atom. The lowest BCUT2D eigenvalue weighted by Gasteiger charge is -2.32. The van der Waals surface area contributed by atoms with Crippen LogP contribution in [0, 0.1) is 0 Å². The molecule has 0 aromatic heterocycles. The fraction of sp³-hybridized carbons (Fsp3) is 0.286. The van der Waals surface area contributed by atoms with E-state index in [1.807, 2.05) is 19.1 Å². The number of likely N-dealkylation sites (N-methyl/N-ethyl adjacent to an activating group) is 1. The van der Waals surface area contributed by atoms with Crippen molar-refractivity contribution in [2.45, 2.75) is 44.7 Å². The van der Waals surface area contributed by atoms with Crippen molar-refractivity contribution in [1.29, 1.82) is 0 Å². The number of carbonyl (C=O) groups excluding carboxylic acids is 2. The third-order valence-corrected chi connectivity index (χ3v) is 8.65. The van der Waals surface area contributed by atoms with Crippen LogP contribution >= 0.6 is 23.2 Å². The molecule has 3 aromatic rings. The van der Waals surface area contributed by atoms with Crippen LogP contribution in [-0.4, -0.2) is 44.3 Å². The van der Waals surface area contributed by atoms with Gasteiger partial charge in [0.25, 0.3) is 10.0 Å². The van der Waals surface area contributed by atoms with Gasteiger partial charge in [-0.15, -0.1) is 0 Å². The van der Waals surface area contributed by atoms with Gasteiger partial charge in [0.15, 0.2) is 0 Å². The second-order valence-corrected chi connectivity index (χ2v) is 11.3. The quantitative estimate of drug-likeness (QED) is 0.336. The summed E-state index contributed by atoms with van der Waals surface area (Å²) in [4.78, 5) is 28.0. The van der Waals surface area contributed by atoms with Crippen molar-refractivity contribution < 1.29 is 18.0 Å². The normalized spacial score (nSPS) is 12.0. The van der Waals surface area contributed by atoms with E-state index in [1.54, 1.807) is 62.4 Å². The molecule has 2 amide bonds. The van der Waals surface area contributed by atoms with Crippen LogP contribution in [0.25, 0.3) is 0 Å². The van der Waals surface area contributed by atoms with Crippen LogP contribution < -0.4 is 9.62 Å². The van der Waals surface area contributed by atoms with Gasteiger partial charge in [0.1, 0.15) is 12.6 Å². The lowest BCUT2D eigenvalue weighted by Crippen LogP contribution is -2.51. The summed E-state index contributed by atoms with van der Waals surface area (Å²) in [5.74, 6) is -0.965. The predicted octanol–water partition coefficient (Wildman–Crippen LogP) is 5.30. The van der Waals surface area contributed by atoms with Crippen LogP contribution in [0.1, 0.15) is 31.9 Å². The van der Waals surface area contributed by atoms with Gasteiger partial charge >= 0.3 is 0 Å². The number of halogens is 2. The minimum Gasteiger partial charge on any atom is -0.355 e. The van der Waals surface area contributed by atoms with Gasteiger partial charge in [0.05, 0.1) is 10.6 Å². The average molecular weight is 577 g/mol. The minimum atomic E-state index is -4.11. The Morgan fingerprint density at radius 1 is 0.895 bits per heavy atom. The summed E-state index contributed by atoms with van der Waals surface area (Å²) in [5.41, 5.74) is 1.82. The van der Waals surface area contributed by atoms with Crippen molar-refractivity contribution in [3.63, 3.8) is 0 Å². The van der Waals surface area contributed by atoms with Crippen molar-refractivity contribution in [2.24, 2.45) is 0 Å². The molecule has 0 radical (unpaired) electrons. The van der Waals surface area contributed by atoms with E-state index < -0.39 is 28.5 Å². The molecule has 10 heteroatoms. The number of nitrogens with one attached hydrogen (secondary N) is 1. The van der Waals surface area contributed by atoms with Crippen molar-refractivity contribution in [1.82, 2.24) is 10.2 Å². The standard InChI is InChI=1S/C28H31Cl2N3O4S/c1-4-21-14-16-22(17-15-21)33(38(36,37)23-10-7-6-8-11-23)19-27(34)32(20(3)28(35)31-5-2)18-24-25(29)12-9-13-26(24)30/h6-17,20H,4-5,18-19H2,1-3H3,(H,31,35)/t20-/m1/s1. The first-order valence-electron chi connectivity index (χ1n) is 12.3. The minimum absolute atomic E-state index is 0.0461. The van der Waals surface area contributed by atoms with Crippen LogP contribution in [0.2, 0.25) is 10.0 Å². The number of rotatable bonds is 11. The highest BCUT2D eigenvalue weighted by molar-refractivity contribution is 7.92.